The molecule has 27 heavy (non-hydrogen) atoms. The molecule has 1 aromatic carbocycles. The van der Waals surface area contributed by atoms with E-state index in [0.29, 0.717) is 10.0 Å². The Morgan fingerprint density at radius 3 is 2.07 bits per heavy atom. The van der Waals surface area contributed by atoms with Crippen LogP contribution in [0.5, 0.6) is 0 Å². The van der Waals surface area contributed by atoms with Crippen LogP contribution >= 0.6 is 23.2 Å². The van der Waals surface area contributed by atoms with E-state index < -0.39 is 0 Å². The van der Waals surface area contributed by atoms with E-state index in [4.69, 9.17) is 33.2 Å². The average molecular weight is 404 g/mol. The summed E-state index contributed by atoms with van der Waals surface area (Å²) in [5, 5.41) is 1.27. The molecule has 1 heterocycles. The summed E-state index contributed by atoms with van der Waals surface area (Å²) in [7, 11) is 0. The third-order valence-corrected chi connectivity index (χ3v) is 6.07. The summed E-state index contributed by atoms with van der Waals surface area (Å²) in [6, 6.07) is 5.61. The lowest BCUT2D eigenvalue weighted by molar-refractivity contribution is 0.663. The fraction of sp³-hybridized carbons (Fsp3) is 0.545. The number of halogens is 2. The average Bonchev–Trinajstić information content (AvgIpc) is 3.57. The smallest absolute Gasteiger partial charge is 0.150 e. The van der Waals surface area contributed by atoms with E-state index in [1.807, 2.05) is 12.1 Å². The van der Waals surface area contributed by atoms with Gasteiger partial charge < -0.3 is 4.90 Å². The third-order valence-electron chi connectivity index (χ3n) is 5.53. The van der Waals surface area contributed by atoms with Gasteiger partial charge in [0.15, 0.2) is 5.82 Å². The van der Waals surface area contributed by atoms with E-state index in [1.165, 1.54) is 25.7 Å². The molecule has 1 aromatic heterocycles. The van der Waals surface area contributed by atoms with E-state index >= 15 is 0 Å². The maximum absolute atomic E-state index is 6.48. The highest BCUT2D eigenvalue weighted by Gasteiger charge is 2.31. The Labute approximate surface area is 172 Å². The van der Waals surface area contributed by atoms with Crippen LogP contribution in [0.25, 0.3) is 11.3 Å². The van der Waals surface area contributed by atoms with Crippen molar-refractivity contribution in [2.45, 2.75) is 52.4 Å². The maximum Gasteiger partial charge on any atom is 0.150 e. The lowest BCUT2D eigenvalue weighted by atomic mass is 10.1. The quantitative estimate of drug-likeness (QED) is 0.524. The Balaban J connectivity index is 1.75. The maximum atomic E-state index is 6.48. The predicted octanol–water partition coefficient (Wildman–Crippen LogP) is 6.20. The molecule has 0 aliphatic heterocycles. The van der Waals surface area contributed by atoms with Gasteiger partial charge >= 0.3 is 0 Å². The number of anilines is 1. The highest BCUT2D eigenvalue weighted by atomic mass is 35.5. The molecule has 2 saturated carbocycles. The molecular formula is C22H27Cl2N3. The summed E-state index contributed by atoms with van der Waals surface area (Å²) in [6.45, 7) is 6.56. The van der Waals surface area contributed by atoms with Crippen LogP contribution in [-0.4, -0.2) is 23.1 Å². The van der Waals surface area contributed by atoms with Gasteiger partial charge in [-0.25, -0.2) is 9.97 Å². The molecule has 0 bridgehead atoms. The number of hydrogen-bond acceptors (Lipinski definition) is 3. The Hall–Kier alpha value is -1.32. The molecule has 0 spiro atoms. The molecule has 3 nitrogen and oxygen atoms in total. The van der Waals surface area contributed by atoms with Gasteiger partial charge in [-0.05, 0) is 68.6 Å². The molecule has 2 aliphatic rings. The monoisotopic (exact) mass is 403 g/mol. The van der Waals surface area contributed by atoms with Crippen LogP contribution < -0.4 is 4.90 Å². The van der Waals surface area contributed by atoms with E-state index in [0.717, 1.165) is 66.2 Å². The van der Waals surface area contributed by atoms with Gasteiger partial charge in [0.2, 0.25) is 0 Å². The van der Waals surface area contributed by atoms with Crippen LogP contribution in [0.1, 0.15) is 50.9 Å². The molecule has 0 atom stereocenters. The minimum atomic E-state index is 0.633. The fourth-order valence-electron chi connectivity index (χ4n) is 3.60. The first-order valence-electron chi connectivity index (χ1n) is 10.2. The van der Waals surface area contributed by atoms with E-state index in [-0.39, 0.29) is 0 Å². The number of aryl methyl sites for hydroxylation is 2. The zero-order valence-electron chi connectivity index (χ0n) is 16.1. The van der Waals surface area contributed by atoms with Crippen molar-refractivity contribution >= 4 is 29.0 Å². The van der Waals surface area contributed by atoms with Crippen LogP contribution in [0.4, 0.5) is 5.82 Å². The number of aromatic nitrogens is 2. The van der Waals surface area contributed by atoms with Gasteiger partial charge in [-0.15, -0.1) is 0 Å². The first kappa shape index (κ1) is 19.0. The number of hydrogen-bond donors (Lipinski definition) is 0. The van der Waals surface area contributed by atoms with Crippen LogP contribution in [0.15, 0.2) is 18.2 Å². The van der Waals surface area contributed by atoms with Crippen molar-refractivity contribution in [2.24, 2.45) is 11.8 Å². The Morgan fingerprint density at radius 2 is 1.56 bits per heavy atom. The first-order valence-corrected chi connectivity index (χ1v) is 10.9. The van der Waals surface area contributed by atoms with Crippen LogP contribution in [-0.2, 0) is 12.8 Å². The van der Waals surface area contributed by atoms with Crippen molar-refractivity contribution in [1.82, 2.24) is 9.97 Å². The summed E-state index contributed by atoms with van der Waals surface area (Å²) in [5.41, 5.74) is 3.91. The van der Waals surface area contributed by atoms with Crippen molar-refractivity contribution in [1.29, 1.82) is 0 Å². The highest BCUT2D eigenvalue weighted by molar-refractivity contribution is 6.36. The molecule has 0 radical (unpaired) electrons. The Kier molecular flexibility index (Phi) is 5.61. The van der Waals surface area contributed by atoms with Crippen molar-refractivity contribution in [3.63, 3.8) is 0 Å². The highest BCUT2D eigenvalue weighted by Crippen LogP contribution is 2.38. The van der Waals surface area contributed by atoms with Crippen LogP contribution in [0, 0.1) is 11.8 Å². The molecule has 144 valence electrons. The molecule has 0 amide bonds. The second-order valence-corrected chi connectivity index (χ2v) is 8.76. The van der Waals surface area contributed by atoms with Gasteiger partial charge in [0.1, 0.15) is 0 Å². The van der Waals surface area contributed by atoms with Crippen LogP contribution in [0.3, 0.4) is 0 Å². The van der Waals surface area contributed by atoms with E-state index in [9.17, 15) is 0 Å². The van der Waals surface area contributed by atoms with E-state index in [1.54, 1.807) is 6.07 Å². The van der Waals surface area contributed by atoms with Crippen molar-refractivity contribution in [3.8, 4) is 11.3 Å². The number of nitrogens with zero attached hydrogens (tertiary/aromatic N) is 3. The van der Waals surface area contributed by atoms with Gasteiger partial charge in [0, 0.05) is 23.7 Å². The standard InChI is InChI=1S/C22H27Cl2N3/c1-3-19-21(17-10-9-16(23)11-18(17)24)25-20(4-2)22(26-19)27(12-14-5-6-14)13-15-7-8-15/h9-11,14-15H,3-8,12-13H2,1-2H3. The summed E-state index contributed by atoms with van der Waals surface area (Å²) in [5.74, 6) is 2.78. The topological polar surface area (TPSA) is 29.0 Å². The molecule has 2 aromatic rings. The van der Waals surface area contributed by atoms with Gasteiger partial charge in [-0.1, -0.05) is 37.0 Å². The second kappa shape index (κ2) is 7.97. The largest absolute Gasteiger partial charge is 0.355 e. The summed E-state index contributed by atoms with van der Waals surface area (Å²) < 4.78 is 0. The summed E-state index contributed by atoms with van der Waals surface area (Å²) in [4.78, 5) is 12.7. The molecule has 4 rings (SSSR count). The SMILES string of the molecule is CCc1nc(N(CC2CC2)CC2CC2)c(CC)nc1-c1ccc(Cl)cc1Cl. The fourth-order valence-corrected chi connectivity index (χ4v) is 4.10. The number of rotatable bonds is 8. The molecule has 0 unspecified atom stereocenters. The Bertz CT molecular complexity index is 815. The van der Waals surface area contributed by atoms with E-state index in [2.05, 4.69) is 18.7 Å². The normalized spacial score (nSPS) is 16.6. The van der Waals surface area contributed by atoms with Crippen molar-refractivity contribution in [2.75, 3.05) is 18.0 Å². The van der Waals surface area contributed by atoms with Gasteiger partial charge in [-0.3, -0.25) is 0 Å². The first-order chi connectivity index (χ1) is 13.1. The summed E-state index contributed by atoms with van der Waals surface area (Å²) in [6.07, 6.45) is 7.13. The third kappa shape index (κ3) is 4.41. The zero-order chi connectivity index (χ0) is 19.0. The van der Waals surface area contributed by atoms with Gasteiger partial charge in [0.05, 0.1) is 22.1 Å². The number of benzene rings is 1. The van der Waals surface area contributed by atoms with Crippen molar-refractivity contribution in [3.05, 3.63) is 39.6 Å². The van der Waals surface area contributed by atoms with Gasteiger partial charge in [-0.2, -0.15) is 0 Å². The minimum Gasteiger partial charge on any atom is -0.355 e. The molecular weight excluding hydrogens is 377 g/mol. The molecule has 2 fully saturated rings. The lowest BCUT2D eigenvalue weighted by Crippen LogP contribution is -2.30. The molecule has 5 heteroatoms. The second-order valence-electron chi connectivity index (χ2n) is 7.91. The van der Waals surface area contributed by atoms with Crippen molar-refractivity contribution < 1.29 is 0 Å². The lowest BCUT2D eigenvalue weighted by Gasteiger charge is -2.27. The summed E-state index contributed by atoms with van der Waals surface area (Å²) >= 11 is 12.6. The van der Waals surface area contributed by atoms with Gasteiger partial charge in [0.25, 0.3) is 0 Å². The molecule has 0 N–H and O–H groups in total. The zero-order valence-corrected chi connectivity index (χ0v) is 17.7. The Morgan fingerprint density at radius 1 is 0.926 bits per heavy atom. The molecule has 0 saturated heterocycles. The minimum absolute atomic E-state index is 0.633. The predicted molar refractivity (Wildman–Crippen MR) is 114 cm³/mol. The molecule has 2 aliphatic carbocycles. The van der Waals surface area contributed by atoms with Crippen LogP contribution in [0.2, 0.25) is 10.0 Å².